The second-order valence-electron chi connectivity index (χ2n) is 5.40. The lowest BCUT2D eigenvalue weighted by atomic mass is 10.1. The zero-order valence-electron chi connectivity index (χ0n) is 12.7. The van der Waals surface area contributed by atoms with E-state index in [4.69, 9.17) is 0 Å². The van der Waals surface area contributed by atoms with Crippen molar-refractivity contribution in [2.24, 2.45) is 7.05 Å². The van der Waals surface area contributed by atoms with Crippen LogP contribution >= 0.6 is 0 Å². The van der Waals surface area contributed by atoms with E-state index in [0.717, 1.165) is 27.8 Å². The van der Waals surface area contributed by atoms with Crippen molar-refractivity contribution in [1.82, 2.24) is 14.8 Å². The van der Waals surface area contributed by atoms with Crippen LogP contribution in [0.1, 0.15) is 17.7 Å². The highest BCUT2D eigenvalue weighted by Gasteiger charge is 2.08. The fraction of sp³-hybridized carbons (Fsp3) is 0.235. The first-order valence-corrected chi connectivity index (χ1v) is 7.25. The first kappa shape index (κ1) is 14.3. The molecular weight excluding hydrogens is 276 g/mol. The highest BCUT2D eigenvalue weighted by atomic mass is 16.1. The number of benzene rings is 1. The van der Waals surface area contributed by atoms with Gasteiger partial charge in [0.25, 0.3) is 0 Å². The van der Waals surface area contributed by atoms with Gasteiger partial charge in [-0.1, -0.05) is 18.2 Å². The maximum Gasteiger partial charge on any atom is 0.224 e. The highest BCUT2D eigenvalue weighted by Crippen LogP contribution is 2.23. The number of amides is 1. The Morgan fingerprint density at radius 2 is 2.14 bits per heavy atom. The summed E-state index contributed by atoms with van der Waals surface area (Å²) in [5.74, 6) is -0.000365. The van der Waals surface area contributed by atoms with Gasteiger partial charge in [0.1, 0.15) is 0 Å². The average molecular weight is 294 g/mol. The smallest absolute Gasteiger partial charge is 0.224 e. The number of rotatable bonds is 4. The predicted molar refractivity (Wildman–Crippen MR) is 86.6 cm³/mol. The number of para-hydroxylation sites is 1. The summed E-state index contributed by atoms with van der Waals surface area (Å²) in [6, 6.07) is 9.73. The molecule has 0 fully saturated rings. The first-order valence-electron chi connectivity index (χ1n) is 7.25. The zero-order valence-corrected chi connectivity index (χ0v) is 12.7. The fourth-order valence-electron chi connectivity index (χ4n) is 2.48. The maximum absolute atomic E-state index is 12.2. The number of aryl methyl sites for hydroxylation is 3. The van der Waals surface area contributed by atoms with Crippen LogP contribution < -0.4 is 5.32 Å². The van der Waals surface area contributed by atoms with Crippen molar-refractivity contribution in [2.45, 2.75) is 19.8 Å². The van der Waals surface area contributed by atoms with Crippen LogP contribution in [0.2, 0.25) is 0 Å². The van der Waals surface area contributed by atoms with Crippen LogP contribution in [0.15, 0.2) is 42.7 Å². The van der Waals surface area contributed by atoms with E-state index in [1.165, 1.54) is 0 Å². The largest absolute Gasteiger partial charge is 0.325 e. The van der Waals surface area contributed by atoms with Crippen molar-refractivity contribution in [3.8, 4) is 0 Å². The van der Waals surface area contributed by atoms with Gasteiger partial charge in [0.2, 0.25) is 5.91 Å². The predicted octanol–water partition coefficient (Wildman–Crippen LogP) is 2.85. The van der Waals surface area contributed by atoms with E-state index < -0.39 is 0 Å². The minimum absolute atomic E-state index is 0.000365. The van der Waals surface area contributed by atoms with Gasteiger partial charge in [0.05, 0.1) is 17.4 Å². The molecule has 5 nitrogen and oxygen atoms in total. The van der Waals surface area contributed by atoms with E-state index in [1.807, 2.05) is 50.5 Å². The Labute approximate surface area is 129 Å². The summed E-state index contributed by atoms with van der Waals surface area (Å²) in [5, 5.41) is 8.07. The van der Waals surface area contributed by atoms with Crippen molar-refractivity contribution in [2.75, 3.05) is 5.32 Å². The van der Waals surface area contributed by atoms with Crippen molar-refractivity contribution in [3.63, 3.8) is 0 Å². The van der Waals surface area contributed by atoms with Gasteiger partial charge in [0.15, 0.2) is 0 Å². The molecule has 5 heteroatoms. The summed E-state index contributed by atoms with van der Waals surface area (Å²) in [4.78, 5) is 16.7. The Kier molecular flexibility index (Phi) is 3.87. The molecule has 0 spiro atoms. The molecule has 0 aliphatic rings. The fourth-order valence-corrected chi connectivity index (χ4v) is 2.48. The Hall–Kier alpha value is -2.69. The number of pyridine rings is 1. The number of aromatic nitrogens is 3. The van der Waals surface area contributed by atoms with Crippen LogP contribution in [-0.2, 0) is 18.3 Å². The molecule has 2 heterocycles. The summed E-state index contributed by atoms with van der Waals surface area (Å²) in [5.41, 5.74) is 3.67. The molecular formula is C17H18N4O. The molecule has 0 aliphatic heterocycles. The van der Waals surface area contributed by atoms with Crippen molar-refractivity contribution < 1.29 is 4.79 Å². The molecule has 0 bridgehead atoms. The molecule has 0 saturated carbocycles. The summed E-state index contributed by atoms with van der Waals surface area (Å²) in [6.07, 6.45) is 4.83. The third-order valence-electron chi connectivity index (χ3n) is 3.52. The third kappa shape index (κ3) is 3.14. The van der Waals surface area contributed by atoms with Crippen LogP contribution in [0.3, 0.4) is 0 Å². The van der Waals surface area contributed by atoms with Gasteiger partial charge < -0.3 is 5.32 Å². The Balaban J connectivity index is 1.73. The molecule has 3 rings (SSSR count). The number of nitrogens with zero attached hydrogens (tertiary/aromatic N) is 3. The minimum Gasteiger partial charge on any atom is -0.325 e. The van der Waals surface area contributed by atoms with E-state index in [2.05, 4.69) is 15.4 Å². The van der Waals surface area contributed by atoms with Crippen molar-refractivity contribution in [3.05, 3.63) is 54.0 Å². The van der Waals surface area contributed by atoms with Crippen LogP contribution in [0.4, 0.5) is 5.69 Å². The number of carbonyl (C=O) groups excluding carboxylic acids is 1. The van der Waals surface area contributed by atoms with Crippen LogP contribution in [0.5, 0.6) is 0 Å². The quantitative estimate of drug-likeness (QED) is 0.805. The lowest BCUT2D eigenvalue weighted by Crippen LogP contribution is -2.13. The van der Waals surface area contributed by atoms with Gasteiger partial charge in [0, 0.05) is 30.7 Å². The number of hydrogen-bond donors (Lipinski definition) is 1. The molecule has 1 amide bonds. The number of nitrogens with one attached hydrogen (secondary N) is 1. The van der Waals surface area contributed by atoms with Crippen molar-refractivity contribution >= 4 is 22.5 Å². The SMILES string of the molecule is Cc1cc(NC(=O)CCc2cnn(C)c2)c2ccccc2n1. The Morgan fingerprint density at radius 3 is 2.91 bits per heavy atom. The highest BCUT2D eigenvalue weighted by molar-refractivity contribution is 6.01. The van der Waals surface area contributed by atoms with Crippen molar-refractivity contribution in [1.29, 1.82) is 0 Å². The molecule has 0 aliphatic carbocycles. The molecule has 112 valence electrons. The summed E-state index contributed by atoms with van der Waals surface area (Å²) < 4.78 is 1.74. The van der Waals surface area contributed by atoms with Gasteiger partial charge in [-0.2, -0.15) is 5.10 Å². The van der Waals surface area contributed by atoms with Crippen LogP contribution in [-0.4, -0.2) is 20.7 Å². The molecule has 0 atom stereocenters. The number of fused-ring (bicyclic) bond motifs is 1. The van der Waals surface area contributed by atoms with Gasteiger partial charge in [-0.15, -0.1) is 0 Å². The molecule has 3 aromatic rings. The maximum atomic E-state index is 12.2. The molecule has 0 unspecified atom stereocenters. The van der Waals surface area contributed by atoms with E-state index in [1.54, 1.807) is 10.9 Å². The molecule has 1 N–H and O–H groups in total. The number of carbonyl (C=O) groups is 1. The van der Waals surface area contributed by atoms with Gasteiger partial charge in [-0.3, -0.25) is 14.5 Å². The lowest BCUT2D eigenvalue weighted by Gasteiger charge is -2.09. The topological polar surface area (TPSA) is 59.8 Å². The normalized spacial score (nSPS) is 10.8. The molecule has 0 saturated heterocycles. The molecule has 22 heavy (non-hydrogen) atoms. The van der Waals surface area contributed by atoms with E-state index in [-0.39, 0.29) is 5.91 Å². The second kappa shape index (κ2) is 5.97. The number of hydrogen-bond acceptors (Lipinski definition) is 3. The molecule has 0 radical (unpaired) electrons. The minimum atomic E-state index is -0.000365. The van der Waals surface area contributed by atoms with Gasteiger partial charge in [-0.25, -0.2) is 0 Å². The van der Waals surface area contributed by atoms with Crippen LogP contribution in [0.25, 0.3) is 10.9 Å². The standard InChI is InChI=1S/C17H18N4O/c1-12-9-16(14-5-3-4-6-15(14)19-12)20-17(22)8-7-13-10-18-21(2)11-13/h3-6,9-11H,7-8H2,1-2H3,(H,19,20,22). The van der Waals surface area contributed by atoms with Crippen LogP contribution in [0, 0.1) is 6.92 Å². The van der Waals surface area contributed by atoms with Gasteiger partial charge >= 0.3 is 0 Å². The zero-order chi connectivity index (χ0) is 15.5. The summed E-state index contributed by atoms with van der Waals surface area (Å²) in [7, 11) is 1.87. The average Bonchev–Trinajstić information content (AvgIpc) is 2.91. The summed E-state index contributed by atoms with van der Waals surface area (Å²) >= 11 is 0. The second-order valence-corrected chi connectivity index (χ2v) is 5.40. The van der Waals surface area contributed by atoms with E-state index in [0.29, 0.717) is 12.8 Å². The van der Waals surface area contributed by atoms with Gasteiger partial charge in [-0.05, 0) is 31.0 Å². The number of anilines is 1. The first-order chi connectivity index (χ1) is 10.6. The van der Waals surface area contributed by atoms with E-state index in [9.17, 15) is 4.79 Å². The molecule has 2 aromatic heterocycles. The van der Waals surface area contributed by atoms with E-state index >= 15 is 0 Å². The summed E-state index contributed by atoms with van der Waals surface area (Å²) in [6.45, 7) is 1.93. The molecule has 1 aromatic carbocycles. The Morgan fingerprint density at radius 1 is 1.32 bits per heavy atom. The Bertz CT molecular complexity index is 822. The third-order valence-corrected chi connectivity index (χ3v) is 3.52. The lowest BCUT2D eigenvalue weighted by molar-refractivity contribution is -0.116. The monoisotopic (exact) mass is 294 g/mol.